The standard InChI is InChI=1S/C16H18O.2C2H6/c1-3-8-13-11-12-16(17-15(13)4-2)14-9-6-5-7-10-14;2*1-2/h3-10,16H,1,11-12H2,2H3;2*1-2H3/b13-8-,15-4+;;/t16-;;/m0../s1. The summed E-state index contributed by atoms with van der Waals surface area (Å²) in [5.74, 6) is 0.991. The van der Waals surface area contributed by atoms with E-state index in [1.54, 1.807) is 0 Å². The quantitative estimate of drug-likeness (QED) is 0.594. The summed E-state index contributed by atoms with van der Waals surface area (Å²) in [6.45, 7) is 13.8. The Morgan fingerprint density at radius 1 is 1.10 bits per heavy atom. The molecule has 0 amide bonds. The largest absolute Gasteiger partial charge is 0.486 e. The van der Waals surface area contributed by atoms with Gasteiger partial charge in [0.2, 0.25) is 0 Å². The SMILES string of the molecule is C=C/C=C1/CC[C@@H](c2ccccc2)O/C1=C/C.CC.CC. The summed E-state index contributed by atoms with van der Waals surface area (Å²) in [4.78, 5) is 0. The zero-order valence-corrected chi connectivity index (χ0v) is 14.2. The van der Waals surface area contributed by atoms with Crippen LogP contribution in [0.25, 0.3) is 0 Å². The van der Waals surface area contributed by atoms with Gasteiger partial charge >= 0.3 is 0 Å². The normalized spacial score (nSPS) is 20.5. The topological polar surface area (TPSA) is 9.23 Å². The van der Waals surface area contributed by atoms with Gasteiger partial charge in [-0.3, -0.25) is 0 Å². The fourth-order valence-corrected chi connectivity index (χ4v) is 2.16. The lowest BCUT2D eigenvalue weighted by atomic mass is 9.96. The van der Waals surface area contributed by atoms with Crippen LogP contribution < -0.4 is 0 Å². The van der Waals surface area contributed by atoms with E-state index in [4.69, 9.17) is 4.74 Å². The minimum atomic E-state index is 0.185. The molecule has 1 nitrogen and oxygen atoms in total. The summed E-state index contributed by atoms with van der Waals surface area (Å²) in [7, 11) is 0. The molecule has 0 bridgehead atoms. The highest BCUT2D eigenvalue weighted by Gasteiger charge is 2.22. The molecular weight excluding hydrogens is 256 g/mol. The Morgan fingerprint density at radius 3 is 2.24 bits per heavy atom. The molecule has 1 fully saturated rings. The molecular formula is C20H30O. The third kappa shape index (κ3) is 6.03. The van der Waals surface area contributed by atoms with Crippen LogP contribution in [0.5, 0.6) is 0 Å². The zero-order valence-electron chi connectivity index (χ0n) is 14.2. The second-order valence-corrected chi connectivity index (χ2v) is 4.14. The molecule has 0 aromatic heterocycles. The molecule has 1 heterocycles. The van der Waals surface area contributed by atoms with Crippen molar-refractivity contribution in [1.82, 2.24) is 0 Å². The molecule has 1 aliphatic rings. The Bertz CT molecular complexity index is 440. The Morgan fingerprint density at radius 2 is 1.71 bits per heavy atom. The third-order valence-electron chi connectivity index (χ3n) is 3.01. The van der Waals surface area contributed by atoms with Crippen molar-refractivity contribution in [3.63, 3.8) is 0 Å². The van der Waals surface area contributed by atoms with Crippen LogP contribution in [0.15, 0.2) is 66.5 Å². The predicted molar refractivity (Wildman–Crippen MR) is 94.2 cm³/mol. The van der Waals surface area contributed by atoms with Gasteiger partial charge in [0.25, 0.3) is 0 Å². The Kier molecular flexibility index (Phi) is 11.0. The Hall–Kier alpha value is -1.76. The van der Waals surface area contributed by atoms with Crippen LogP contribution in [0.4, 0.5) is 0 Å². The van der Waals surface area contributed by atoms with Crippen LogP contribution in [-0.2, 0) is 4.74 Å². The molecule has 1 aliphatic heterocycles. The molecule has 21 heavy (non-hydrogen) atoms. The molecule has 0 unspecified atom stereocenters. The van der Waals surface area contributed by atoms with Crippen LogP contribution in [-0.4, -0.2) is 0 Å². The first kappa shape index (κ1) is 19.2. The summed E-state index contributed by atoms with van der Waals surface area (Å²) < 4.78 is 6.03. The van der Waals surface area contributed by atoms with E-state index in [2.05, 4.69) is 30.8 Å². The lowest BCUT2D eigenvalue weighted by molar-refractivity contribution is 0.0949. The van der Waals surface area contributed by atoms with Gasteiger partial charge in [0.05, 0.1) is 0 Å². The highest BCUT2D eigenvalue weighted by atomic mass is 16.5. The summed E-state index contributed by atoms with van der Waals surface area (Å²) in [6.07, 6.45) is 8.16. The number of rotatable bonds is 2. The van der Waals surface area contributed by atoms with E-state index in [0.717, 1.165) is 18.6 Å². The summed E-state index contributed by atoms with van der Waals surface area (Å²) in [5.41, 5.74) is 2.50. The van der Waals surface area contributed by atoms with E-state index in [1.165, 1.54) is 11.1 Å². The van der Waals surface area contributed by atoms with E-state index in [9.17, 15) is 0 Å². The molecule has 0 aliphatic carbocycles. The number of allylic oxidation sites excluding steroid dienone is 4. The maximum absolute atomic E-state index is 6.03. The molecule has 0 spiro atoms. The summed E-state index contributed by atoms with van der Waals surface area (Å²) in [6, 6.07) is 10.4. The van der Waals surface area contributed by atoms with Gasteiger partial charge in [0.15, 0.2) is 0 Å². The van der Waals surface area contributed by atoms with E-state index in [1.807, 2.05) is 58.9 Å². The maximum atomic E-state index is 6.03. The molecule has 0 N–H and O–H groups in total. The lowest BCUT2D eigenvalue weighted by Gasteiger charge is -2.28. The minimum Gasteiger partial charge on any atom is -0.486 e. The smallest absolute Gasteiger partial charge is 0.124 e. The first-order valence-electron chi connectivity index (χ1n) is 8.05. The maximum Gasteiger partial charge on any atom is 0.124 e. The van der Waals surface area contributed by atoms with E-state index < -0.39 is 0 Å². The Balaban J connectivity index is 0.000000921. The molecule has 1 aromatic rings. The molecule has 0 radical (unpaired) electrons. The molecule has 1 saturated heterocycles. The van der Waals surface area contributed by atoms with Gasteiger partial charge in [-0.25, -0.2) is 0 Å². The number of ether oxygens (including phenoxy) is 1. The summed E-state index contributed by atoms with van der Waals surface area (Å²) >= 11 is 0. The average Bonchev–Trinajstić information content (AvgIpc) is 2.60. The van der Waals surface area contributed by atoms with Gasteiger partial charge in [-0.2, -0.15) is 0 Å². The van der Waals surface area contributed by atoms with Gasteiger partial charge in [-0.1, -0.05) is 76.8 Å². The van der Waals surface area contributed by atoms with E-state index >= 15 is 0 Å². The van der Waals surface area contributed by atoms with Crippen molar-refractivity contribution >= 4 is 0 Å². The number of hydrogen-bond donors (Lipinski definition) is 0. The summed E-state index contributed by atoms with van der Waals surface area (Å²) in [5, 5.41) is 0. The van der Waals surface area contributed by atoms with Crippen molar-refractivity contribution in [2.75, 3.05) is 0 Å². The van der Waals surface area contributed by atoms with Crippen LogP contribution >= 0.6 is 0 Å². The van der Waals surface area contributed by atoms with Crippen molar-refractivity contribution in [1.29, 1.82) is 0 Å². The predicted octanol–water partition coefficient (Wildman–Crippen LogP) is 6.61. The molecule has 1 atom stereocenters. The lowest BCUT2D eigenvalue weighted by Crippen LogP contribution is -2.12. The van der Waals surface area contributed by atoms with Crippen molar-refractivity contribution in [3.8, 4) is 0 Å². The van der Waals surface area contributed by atoms with Crippen LogP contribution in [0.1, 0.15) is 59.1 Å². The van der Waals surface area contributed by atoms with Crippen LogP contribution in [0, 0.1) is 0 Å². The zero-order chi connectivity index (χ0) is 16.1. The third-order valence-corrected chi connectivity index (χ3v) is 3.01. The molecule has 0 saturated carbocycles. The monoisotopic (exact) mass is 286 g/mol. The fourth-order valence-electron chi connectivity index (χ4n) is 2.16. The van der Waals surface area contributed by atoms with Crippen molar-refractivity contribution in [2.24, 2.45) is 0 Å². The highest BCUT2D eigenvalue weighted by molar-refractivity contribution is 5.32. The van der Waals surface area contributed by atoms with Gasteiger partial charge in [-0.15, -0.1) is 0 Å². The van der Waals surface area contributed by atoms with Gasteiger partial charge in [-0.05, 0) is 37.0 Å². The second kappa shape index (κ2) is 12.0. The first-order chi connectivity index (χ1) is 10.3. The number of hydrogen-bond acceptors (Lipinski definition) is 1. The minimum absolute atomic E-state index is 0.185. The highest BCUT2D eigenvalue weighted by Crippen LogP contribution is 2.36. The van der Waals surface area contributed by atoms with Crippen molar-refractivity contribution in [2.45, 2.75) is 53.6 Å². The average molecular weight is 286 g/mol. The van der Waals surface area contributed by atoms with Gasteiger partial charge in [0, 0.05) is 0 Å². The molecule has 1 aromatic carbocycles. The van der Waals surface area contributed by atoms with Crippen molar-refractivity contribution in [3.05, 3.63) is 72.0 Å². The van der Waals surface area contributed by atoms with Crippen LogP contribution in [0.2, 0.25) is 0 Å². The van der Waals surface area contributed by atoms with Crippen LogP contribution in [0.3, 0.4) is 0 Å². The number of benzene rings is 1. The Labute approximate surface area is 131 Å². The first-order valence-corrected chi connectivity index (χ1v) is 8.05. The van der Waals surface area contributed by atoms with E-state index in [-0.39, 0.29) is 6.10 Å². The van der Waals surface area contributed by atoms with E-state index in [0.29, 0.717) is 0 Å². The molecule has 116 valence electrons. The van der Waals surface area contributed by atoms with Gasteiger partial charge < -0.3 is 4.74 Å². The fraction of sp³-hybridized carbons (Fsp3) is 0.400. The van der Waals surface area contributed by atoms with Gasteiger partial charge in [0.1, 0.15) is 11.9 Å². The van der Waals surface area contributed by atoms with Crippen molar-refractivity contribution < 1.29 is 4.74 Å². The second-order valence-electron chi connectivity index (χ2n) is 4.14. The molecule has 2 rings (SSSR count). The molecule has 1 heteroatoms.